The van der Waals surface area contributed by atoms with Crippen molar-refractivity contribution in [2.24, 2.45) is 0 Å². The van der Waals surface area contributed by atoms with Gasteiger partial charge in [-0.2, -0.15) is 0 Å². The van der Waals surface area contributed by atoms with E-state index >= 15 is 0 Å². The number of hydrogen-bond acceptors (Lipinski definition) is 4. The molecule has 4 heteroatoms. The monoisotopic (exact) mass is 406 g/mol. The molecule has 1 N–H and O–H groups in total. The summed E-state index contributed by atoms with van der Waals surface area (Å²) < 4.78 is 17.3. The van der Waals surface area contributed by atoms with Crippen molar-refractivity contribution in [1.29, 1.82) is 0 Å². The van der Waals surface area contributed by atoms with Gasteiger partial charge in [-0.25, -0.2) is 0 Å². The van der Waals surface area contributed by atoms with E-state index in [1.165, 1.54) is 0 Å². The zero-order valence-electron chi connectivity index (χ0n) is 17.9. The molecule has 3 aromatic rings. The van der Waals surface area contributed by atoms with Crippen LogP contribution in [0.3, 0.4) is 0 Å². The average molecular weight is 407 g/mol. The first kappa shape index (κ1) is 21.9. The fraction of sp³-hybridized carbons (Fsp3) is 0.308. The Morgan fingerprint density at radius 1 is 0.733 bits per heavy atom. The SMILES string of the molecule is CCCC(O)COC(c1ccccc1)(c1ccc(OC)cc1)c1ccc(OC)cc1. The van der Waals surface area contributed by atoms with Crippen LogP contribution < -0.4 is 9.47 Å². The molecular weight excluding hydrogens is 376 g/mol. The highest BCUT2D eigenvalue weighted by molar-refractivity contribution is 5.49. The van der Waals surface area contributed by atoms with Crippen molar-refractivity contribution in [3.8, 4) is 11.5 Å². The molecule has 0 fully saturated rings. The van der Waals surface area contributed by atoms with E-state index in [1.807, 2.05) is 66.7 Å². The second kappa shape index (κ2) is 10.3. The normalized spacial score (nSPS) is 12.4. The summed E-state index contributed by atoms with van der Waals surface area (Å²) >= 11 is 0. The summed E-state index contributed by atoms with van der Waals surface area (Å²) in [6, 6.07) is 25.9. The van der Waals surface area contributed by atoms with Gasteiger partial charge in [0.15, 0.2) is 0 Å². The van der Waals surface area contributed by atoms with E-state index in [0.717, 1.165) is 34.6 Å². The summed E-state index contributed by atoms with van der Waals surface area (Å²) in [6.45, 7) is 2.28. The molecule has 0 aliphatic carbocycles. The lowest BCUT2D eigenvalue weighted by atomic mass is 9.80. The molecule has 0 saturated heterocycles. The smallest absolute Gasteiger partial charge is 0.143 e. The lowest BCUT2D eigenvalue weighted by Gasteiger charge is -2.36. The van der Waals surface area contributed by atoms with Crippen molar-refractivity contribution in [1.82, 2.24) is 0 Å². The Balaban J connectivity index is 2.18. The molecule has 30 heavy (non-hydrogen) atoms. The maximum atomic E-state index is 10.5. The molecule has 158 valence electrons. The van der Waals surface area contributed by atoms with Crippen LogP contribution in [0.1, 0.15) is 36.5 Å². The Hall–Kier alpha value is -2.82. The Morgan fingerprint density at radius 3 is 1.63 bits per heavy atom. The summed E-state index contributed by atoms with van der Waals surface area (Å²) in [5, 5.41) is 10.5. The minimum atomic E-state index is -0.880. The molecule has 0 saturated carbocycles. The molecular formula is C26H30O4. The zero-order valence-corrected chi connectivity index (χ0v) is 17.9. The van der Waals surface area contributed by atoms with Crippen molar-refractivity contribution < 1.29 is 19.3 Å². The van der Waals surface area contributed by atoms with Crippen molar-refractivity contribution in [2.75, 3.05) is 20.8 Å². The summed E-state index contributed by atoms with van der Waals surface area (Å²) in [6.07, 6.45) is 1.05. The third-order valence-corrected chi connectivity index (χ3v) is 5.29. The van der Waals surface area contributed by atoms with Gasteiger partial charge in [-0.15, -0.1) is 0 Å². The highest BCUT2D eigenvalue weighted by Gasteiger charge is 2.38. The van der Waals surface area contributed by atoms with Crippen LogP contribution >= 0.6 is 0 Å². The molecule has 0 aliphatic heterocycles. The molecule has 1 atom stereocenters. The van der Waals surface area contributed by atoms with Crippen LogP contribution in [0.2, 0.25) is 0 Å². The second-order valence-corrected chi connectivity index (χ2v) is 7.26. The number of benzene rings is 3. The van der Waals surface area contributed by atoms with Crippen LogP contribution in [-0.2, 0) is 10.3 Å². The summed E-state index contributed by atoms with van der Waals surface area (Å²) in [5.41, 5.74) is 2.03. The van der Waals surface area contributed by atoms with Crippen molar-refractivity contribution >= 4 is 0 Å². The third-order valence-electron chi connectivity index (χ3n) is 5.29. The van der Waals surface area contributed by atoms with E-state index in [4.69, 9.17) is 14.2 Å². The largest absolute Gasteiger partial charge is 0.497 e. The standard InChI is InChI=1S/C26H30O4/c1-4-8-23(27)19-30-26(20-9-6-5-7-10-20,21-11-15-24(28-2)16-12-21)22-13-17-25(29-3)18-14-22/h5-7,9-18,23,27H,4,8,19H2,1-3H3. The molecule has 3 rings (SSSR count). The predicted octanol–water partition coefficient (Wildman–Crippen LogP) is 5.17. The van der Waals surface area contributed by atoms with E-state index in [0.29, 0.717) is 6.42 Å². The molecule has 0 spiro atoms. The Kier molecular flexibility index (Phi) is 7.50. The first-order valence-corrected chi connectivity index (χ1v) is 10.3. The predicted molar refractivity (Wildman–Crippen MR) is 119 cm³/mol. The highest BCUT2D eigenvalue weighted by atomic mass is 16.5. The van der Waals surface area contributed by atoms with E-state index < -0.39 is 11.7 Å². The number of hydrogen-bond donors (Lipinski definition) is 1. The molecule has 0 aromatic heterocycles. The lowest BCUT2D eigenvalue weighted by Crippen LogP contribution is -2.35. The maximum absolute atomic E-state index is 10.5. The van der Waals surface area contributed by atoms with Gasteiger partial charge in [-0.3, -0.25) is 0 Å². The Morgan fingerprint density at radius 2 is 1.20 bits per heavy atom. The maximum Gasteiger partial charge on any atom is 0.143 e. The summed E-state index contributed by atoms with van der Waals surface area (Å²) in [5.74, 6) is 1.56. The van der Waals surface area contributed by atoms with E-state index in [9.17, 15) is 5.11 Å². The molecule has 3 aromatic carbocycles. The van der Waals surface area contributed by atoms with Gasteiger partial charge >= 0.3 is 0 Å². The van der Waals surface area contributed by atoms with Gasteiger partial charge in [0.25, 0.3) is 0 Å². The number of ether oxygens (including phenoxy) is 3. The van der Waals surface area contributed by atoms with Crippen LogP contribution in [0.15, 0.2) is 78.9 Å². The second-order valence-electron chi connectivity index (χ2n) is 7.26. The first-order valence-electron chi connectivity index (χ1n) is 10.3. The molecule has 0 heterocycles. The van der Waals surface area contributed by atoms with Crippen LogP contribution in [0.4, 0.5) is 0 Å². The first-order chi connectivity index (χ1) is 14.6. The number of aliphatic hydroxyl groups is 1. The van der Waals surface area contributed by atoms with Gasteiger partial charge in [0, 0.05) is 0 Å². The molecule has 1 unspecified atom stereocenters. The minimum Gasteiger partial charge on any atom is -0.497 e. The minimum absolute atomic E-state index is 0.223. The van der Waals surface area contributed by atoms with Gasteiger partial charge in [-0.1, -0.05) is 67.9 Å². The van der Waals surface area contributed by atoms with Crippen LogP contribution in [0.5, 0.6) is 11.5 Å². The van der Waals surface area contributed by atoms with Crippen LogP contribution in [0.25, 0.3) is 0 Å². The number of methoxy groups -OCH3 is 2. The average Bonchev–Trinajstić information content (AvgIpc) is 2.81. The molecule has 0 amide bonds. The molecule has 0 aliphatic rings. The van der Waals surface area contributed by atoms with Crippen molar-refractivity contribution in [2.45, 2.75) is 31.5 Å². The Bertz CT molecular complexity index is 841. The van der Waals surface area contributed by atoms with Crippen LogP contribution in [-0.4, -0.2) is 32.0 Å². The molecule has 0 bridgehead atoms. The Labute approximate surface area is 179 Å². The third kappa shape index (κ3) is 4.66. The summed E-state index contributed by atoms with van der Waals surface area (Å²) in [4.78, 5) is 0. The van der Waals surface area contributed by atoms with Gasteiger partial charge in [0.05, 0.1) is 26.9 Å². The van der Waals surface area contributed by atoms with Gasteiger partial charge in [0.2, 0.25) is 0 Å². The van der Waals surface area contributed by atoms with E-state index in [-0.39, 0.29) is 6.61 Å². The fourth-order valence-electron chi connectivity index (χ4n) is 3.71. The van der Waals surface area contributed by atoms with Gasteiger partial charge < -0.3 is 19.3 Å². The molecule has 0 radical (unpaired) electrons. The number of aliphatic hydroxyl groups excluding tert-OH is 1. The quantitative estimate of drug-likeness (QED) is 0.472. The van der Waals surface area contributed by atoms with Crippen molar-refractivity contribution in [3.05, 3.63) is 95.6 Å². The van der Waals surface area contributed by atoms with Crippen molar-refractivity contribution in [3.63, 3.8) is 0 Å². The topological polar surface area (TPSA) is 47.9 Å². The zero-order chi connectivity index (χ0) is 21.4. The lowest BCUT2D eigenvalue weighted by molar-refractivity contribution is -0.0401. The summed E-state index contributed by atoms with van der Waals surface area (Å²) in [7, 11) is 3.31. The highest BCUT2D eigenvalue weighted by Crippen LogP contribution is 2.41. The van der Waals surface area contributed by atoms with E-state index in [1.54, 1.807) is 14.2 Å². The van der Waals surface area contributed by atoms with Gasteiger partial charge in [-0.05, 0) is 47.4 Å². The van der Waals surface area contributed by atoms with E-state index in [2.05, 4.69) is 19.1 Å². The number of rotatable bonds is 10. The van der Waals surface area contributed by atoms with Gasteiger partial charge in [0.1, 0.15) is 17.1 Å². The fourth-order valence-corrected chi connectivity index (χ4v) is 3.71. The van der Waals surface area contributed by atoms with Crippen LogP contribution in [0, 0.1) is 0 Å². The molecule has 4 nitrogen and oxygen atoms in total.